The second-order valence-corrected chi connectivity index (χ2v) is 15.9. The molecule has 0 aliphatic heterocycles. The molecule has 0 N–H and O–H groups in total. The summed E-state index contributed by atoms with van der Waals surface area (Å²) in [7, 11) is 0. The SMILES string of the molecule is c1ccc(-c2ccc(N(c3ccccc3)c3ccc4c(c3)sc3cc5c(c(-c6ccccc6)c34)-c3ccccc3C5(c3ccccc3)c3ccccc3)cc2)cc1. The number of para-hydroxylation sites is 1. The Labute approximate surface area is 337 Å². The van der Waals surface area contributed by atoms with Crippen molar-refractivity contribution in [1.82, 2.24) is 0 Å². The first-order valence-electron chi connectivity index (χ1n) is 19.6. The van der Waals surface area contributed by atoms with Crippen molar-refractivity contribution in [3.63, 3.8) is 0 Å². The maximum Gasteiger partial charge on any atom is 0.0714 e. The highest BCUT2D eigenvalue weighted by Gasteiger charge is 2.47. The van der Waals surface area contributed by atoms with Crippen molar-refractivity contribution >= 4 is 48.6 Å². The predicted octanol–water partition coefficient (Wildman–Crippen LogP) is 15.2. The van der Waals surface area contributed by atoms with E-state index in [4.69, 9.17) is 0 Å². The van der Waals surface area contributed by atoms with E-state index < -0.39 is 5.41 Å². The Morgan fingerprint density at radius 3 is 1.51 bits per heavy atom. The monoisotopic (exact) mass is 743 g/mol. The van der Waals surface area contributed by atoms with Gasteiger partial charge in [0.1, 0.15) is 0 Å². The molecular weight excluding hydrogens is 707 g/mol. The lowest BCUT2D eigenvalue weighted by Gasteiger charge is -2.34. The highest BCUT2D eigenvalue weighted by molar-refractivity contribution is 7.26. The Morgan fingerprint density at radius 2 is 0.860 bits per heavy atom. The maximum absolute atomic E-state index is 2.53. The van der Waals surface area contributed by atoms with E-state index in [0.29, 0.717) is 0 Å². The van der Waals surface area contributed by atoms with Crippen LogP contribution in [0.15, 0.2) is 224 Å². The van der Waals surface area contributed by atoms with E-state index in [-0.39, 0.29) is 0 Å². The lowest BCUT2D eigenvalue weighted by Crippen LogP contribution is -2.28. The van der Waals surface area contributed by atoms with Gasteiger partial charge in [-0.05, 0) is 98.1 Å². The van der Waals surface area contributed by atoms with Gasteiger partial charge in [0.05, 0.1) is 5.41 Å². The predicted molar refractivity (Wildman–Crippen MR) is 242 cm³/mol. The topological polar surface area (TPSA) is 3.24 Å². The first-order chi connectivity index (χ1) is 28.3. The lowest BCUT2D eigenvalue weighted by atomic mass is 9.67. The zero-order valence-electron chi connectivity index (χ0n) is 31.2. The third-order valence-electron chi connectivity index (χ3n) is 11.7. The van der Waals surface area contributed by atoms with Crippen LogP contribution in [0.3, 0.4) is 0 Å². The summed E-state index contributed by atoms with van der Waals surface area (Å²) in [5.41, 5.74) is 15.7. The molecule has 0 saturated heterocycles. The van der Waals surface area contributed by atoms with Crippen molar-refractivity contribution in [3.8, 4) is 33.4 Å². The van der Waals surface area contributed by atoms with Crippen LogP contribution < -0.4 is 4.90 Å². The summed E-state index contributed by atoms with van der Waals surface area (Å²) in [5, 5.41) is 2.60. The van der Waals surface area contributed by atoms with Gasteiger partial charge in [0.2, 0.25) is 0 Å². The number of thiophene rings is 1. The van der Waals surface area contributed by atoms with Gasteiger partial charge in [-0.1, -0.05) is 182 Å². The second kappa shape index (κ2) is 13.6. The molecule has 0 saturated carbocycles. The summed E-state index contributed by atoms with van der Waals surface area (Å²) in [6.45, 7) is 0. The average molecular weight is 744 g/mol. The molecule has 10 aromatic rings. The Kier molecular flexibility index (Phi) is 7.98. The van der Waals surface area contributed by atoms with Crippen molar-refractivity contribution < 1.29 is 0 Å². The van der Waals surface area contributed by atoms with E-state index in [1.165, 1.54) is 75.8 Å². The first-order valence-corrected chi connectivity index (χ1v) is 20.4. The van der Waals surface area contributed by atoms with E-state index in [0.717, 1.165) is 17.1 Å². The molecule has 1 aromatic heterocycles. The van der Waals surface area contributed by atoms with Crippen molar-refractivity contribution in [2.75, 3.05) is 4.90 Å². The molecule has 0 amide bonds. The van der Waals surface area contributed by atoms with Crippen molar-refractivity contribution in [2.45, 2.75) is 5.41 Å². The van der Waals surface area contributed by atoms with E-state index in [1.54, 1.807) is 0 Å². The fraction of sp³-hybridized carbons (Fsp3) is 0.0182. The third kappa shape index (κ3) is 5.29. The molecule has 1 heterocycles. The largest absolute Gasteiger partial charge is 0.310 e. The molecule has 0 fully saturated rings. The number of hydrogen-bond acceptors (Lipinski definition) is 2. The Bertz CT molecular complexity index is 2990. The Hall–Kier alpha value is -7.00. The highest BCUT2D eigenvalue weighted by atomic mass is 32.1. The molecule has 1 aliphatic carbocycles. The number of fused-ring (bicyclic) bond motifs is 6. The van der Waals surface area contributed by atoms with Crippen molar-refractivity contribution in [1.29, 1.82) is 0 Å². The molecule has 0 radical (unpaired) electrons. The lowest BCUT2D eigenvalue weighted by molar-refractivity contribution is 0.770. The Balaban J connectivity index is 1.18. The van der Waals surface area contributed by atoms with Crippen LogP contribution in [0.25, 0.3) is 53.6 Å². The van der Waals surface area contributed by atoms with Gasteiger partial charge in [-0.25, -0.2) is 0 Å². The minimum Gasteiger partial charge on any atom is -0.310 e. The molecule has 1 nitrogen and oxygen atoms in total. The van der Waals surface area contributed by atoms with Gasteiger partial charge in [-0.3, -0.25) is 0 Å². The van der Waals surface area contributed by atoms with Gasteiger partial charge in [-0.15, -0.1) is 11.3 Å². The van der Waals surface area contributed by atoms with Crippen LogP contribution in [0.2, 0.25) is 0 Å². The normalized spacial score (nSPS) is 12.7. The van der Waals surface area contributed by atoms with Gasteiger partial charge in [0.15, 0.2) is 0 Å². The molecule has 1 aliphatic rings. The quantitative estimate of drug-likeness (QED) is 0.157. The maximum atomic E-state index is 2.53. The fourth-order valence-electron chi connectivity index (χ4n) is 9.33. The van der Waals surface area contributed by atoms with Crippen LogP contribution >= 0.6 is 11.3 Å². The van der Waals surface area contributed by atoms with E-state index >= 15 is 0 Å². The van der Waals surface area contributed by atoms with Crippen molar-refractivity contribution in [2.24, 2.45) is 0 Å². The summed E-state index contributed by atoms with van der Waals surface area (Å²) < 4.78 is 2.56. The number of nitrogens with zero attached hydrogens (tertiary/aromatic N) is 1. The van der Waals surface area contributed by atoms with Gasteiger partial charge < -0.3 is 4.90 Å². The molecule has 0 atom stereocenters. The summed E-state index contributed by atoms with van der Waals surface area (Å²) in [6.07, 6.45) is 0. The summed E-state index contributed by atoms with van der Waals surface area (Å²) in [6, 6.07) is 82.3. The van der Waals surface area contributed by atoms with E-state index in [2.05, 4.69) is 229 Å². The molecule has 2 heteroatoms. The highest BCUT2D eigenvalue weighted by Crippen LogP contribution is 2.61. The van der Waals surface area contributed by atoms with Crippen LogP contribution in [0.5, 0.6) is 0 Å². The summed E-state index contributed by atoms with van der Waals surface area (Å²) in [5.74, 6) is 0. The van der Waals surface area contributed by atoms with E-state index in [9.17, 15) is 0 Å². The number of rotatable bonds is 7. The Morgan fingerprint density at radius 1 is 0.351 bits per heavy atom. The van der Waals surface area contributed by atoms with Gasteiger partial charge in [0, 0.05) is 37.2 Å². The van der Waals surface area contributed by atoms with E-state index in [1.807, 2.05) is 11.3 Å². The number of hydrogen-bond donors (Lipinski definition) is 0. The molecular formula is C55H37NS. The molecule has 9 aromatic carbocycles. The molecule has 57 heavy (non-hydrogen) atoms. The molecule has 268 valence electrons. The van der Waals surface area contributed by atoms with Crippen LogP contribution in [-0.4, -0.2) is 0 Å². The standard InChI is InChI=1S/C55H37NS/c1-6-18-38(19-7-1)39-30-32-44(33-31-39)56(43-26-14-5-15-27-43)45-34-35-47-50(36-45)57-51-37-49-53(52(54(47)51)40-20-8-2-9-21-40)46-28-16-17-29-48(46)55(49,41-22-10-3-11-23-41)42-24-12-4-13-25-42/h1-37H. The molecule has 0 unspecified atom stereocenters. The zero-order chi connectivity index (χ0) is 37.8. The zero-order valence-corrected chi connectivity index (χ0v) is 32.0. The second-order valence-electron chi connectivity index (χ2n) is 14.8. The van der Waals surface area contributed by atoms with Crippen molar-refractivity contribution in [3.05, 3.63) is 247 Å². The first kappa shape index (κ1) is 33.3. The molecule has 0 spiro atoms. The van der Waals surface area contributed by atoms with Gasteiger partial charge in [-0.2, -0.15) is 0 Å². The summed E-state index contributed by atoms with van der Waals surface area (Å²) >= 11 is 1.90. The van der Waals surface area contributed by atoms with Crippen LogP contribution in [0, 0.1) is 0 Å². The van der Waals surface area contributed by atoms with Gasteiger partial charge >= 0.3 is 0 Å². The third-order valence-corrected chi connectivity index (χ3v) is 12.8. The number of anilines is 3. The van der Waals surface area contributed by atoms with Crippen LogP contribution in [0.1, 0.15) is 22.3 Å². The molecule has 0 bridgehead atoms. The minimum atomic E-state index is -0.483. The minimum absolute atomic E-state index is 0.483. The van der Waals surface area contributed by atoms with Gasteiger partial charge in [0.25, 0.3) is 0 Å². The fourth-order valence-corrected chi connectivity index (χ4v) is 10.5. The average Bonchev–Trinajstić information content (AvgIpc) is 3.80. The smallest absolute Gasteiger partial charge is 0.0714 e. The summed E-state index contributed by atoms with van der Waals surface area (Å²) in [4.78, 5) is 2.38. The van der Waals surface area contributed by atoms with Crippen LogP contribution in [0.4, 0.5) is 17.1 Å². The number of benzene rings is 9. The molecule has 11 rings (SSSR count). The van der Waals surface area contributed by atoms with Crippen LogP contribution in [-0.2, 0) is 5.41 Å².